The molecule has 1 amide bonds. The van der Waals surface area contributed by atoms with E-state index in [9.17, 15) is 4.79 Å². The van der Waals surface area contributed by atoms with Crippen molar-refractivity contribution in [2.75, 3.05) is 13.6 Å². The largest absolute Gasteiger partial charge is 0.359 e. The molecule has 84 valence electrons. The molecule has 0 aliphatic heterocycles. The first-order valence-corrected chi connectivity index (χ1v) is 5.16. The van der Waals surface area contributed by atoms with Gasteiger partial charge < -0.3 is 10.6 Å². The van der Waals surface area contributed by atoms with Crippen LogP contribution in [0.2, 0.25) is 0 Å². The molecule has 1 aromatic carbocycles. The van der Waals surface area contributed by atoms with Crippen molar-refractivity contribution in [1.82, 2.24) is 10.6 Å². The summed E-state index contributed by atoms with van der Waals surface area (Å²) in [5.41, 5.74) is 1.77. The minimum Gasteiger partial charge on any atom is -0.359 e. The van der Waals surface area contributed by atoms with E-state index in [-0.39, 0.29) is 5.91 Å². The normalized spacial score (nSPS) is 9.50. The van der Waals surface area contributed by atoms with E-state index < -0.39 is 0 Å². The quantitative estimate of drug-likeness (QED) is 0.716. The molecule has 4 heteroatoms. The summed E-state index contributed by atoms with van der Waals surface area (Å²) in [6.45, 7) is 1.36. The second-order valence-electron chi connectivity index (χ2n) is 3.41. The number of benzene rings is 1. The van der Waals surface area contributed by atoms with E-state index >= 15 is 0 Å². The van der Waals surface area contributed by atoms with Crippen molar-refractivity contribution >= 4 is 5.91 Å². The lowest BCUT2D eigenvalue weighted by Gasteiger charge is -2.04. The van der Waals surface area contributed by atoms with Crippen molar-refractivity contribution in [3.05, 3.63) is 35.4 Å². The van der Waals surface area contributed by atoms with Crippen molar-refractivity contribution < 1.29 is 4.79 Å². The monoisotopic (exact) mass is 217 g/mol. The molecule has 0 spiro atoms. The predicted molar refractivity (Wildman–Crippen MR) is 61.5 cm³/mol. The smallest absolute Gasteiger partial charge is 0.221 e. The van der Waals surface area contributed by atoms with E-state index in [1.807, 2.05) is 12.1 Å². The Morgan fingerprint density at radius 1 is 1.38 bits per heavy atom. The molecular formula is C12H15N3O. The van der Waals surface area contributed by atoms with Gasteiger partial charge in [0, 0.05) is 26.6 Å². The zero-order valence-corrected chi connectivity index (χ0v) is 9.29. The minimum atomic E-state index is 0.0346. The molecule has 0 aliphatic rings. The average Bonchev–Trinajstić information content (AvgIpc) is 2.35. The molecular weight excluding hydrogens is 202 g/mol. The Bertz CT molecular complexity index is 378. The van der Waals surface area contributed by atoms with E-state index in [4.69, 9.17) is 5.26 Å². The van der Waals surface area contributed by atoms with Crippen LogP contribution in [0.25, 0.3) is 0 Å². The molecule has 0 saturated carbocycles. The van der Waals surface area contributed by atoms with Gasteiger partial charge in [0.05, 0.1) is 11.6 Å². The summed E-state index contributed by atoms with van der Waals surface area (Å²) < 4.78 is 0. The summed E-state index contributed by atoms with van der Waals surface area (Å²) in [6, 6.07) is 9.46. The van der Waals surface area contributed by atoms with Gasteiger partial charge in [0.2, 0.25) is 5.91 Å². The third-order valence-electron chi connectivity index (χ3n) is 2.22. The van der Waals surface area contributed by atoms with Crippen LogP contribution in [0.3, 0.4) is 0 Å². The lowest BCUT2D eigenvalue weighted by Crippen LogP contribution is -2.24. The molecule has 0 bridgehead atoms. The first-order chi connectivity index (χ1) is 7.76. The molecule has 0 heterocycles. The summed E-state index contributed by atoms with van der Waals surface area (Å²) in [7, 11) is 1.63. The van der Waals surface area contributed by atoms with E-state index in [1.165, 1.54) is 0 Å². The number of hydrogen-bond acceptors (Lipinski definition) is 3. The zero-order chi connectivity index (χ0) is 11.8. The third-order valence-corrected chi connectivity index (χ3v) is 2.22. The molecule has 0 unspecified atom stereocenters. The number of hydrogen-bond donors (Lipinski definition) is 2. The number of carbonyl (C=O) groups excluding carboxylic acids is 1. The molecule has 1 aromatic rings. The Hall–Kier alpha value is -1.86. The summed E-state index contributed by atoms with van der Waals surface area (Å²) in [5.74, 6) is 0.0346. The van der Waals surface area contributed by atoms with Crippen LogP contribution in [0.15, 0.2) is 24.3 Å². The Labute approximate surface area is 95.3 Å². The highest BCUT2D eigenvalue weighted by atomic mass is 16.1. The van der Waals surface area contributed by atoms with Crippen LogP contribution in [-0.2, 0) is 11.3 Å². The van der Waals surface area contributed by atoms with Crippen molar-refractivity contribution in [2.45, 2.75) is 13.0 Å². The highest BCUT2D eigenvalue weighted by molar-refractivity contribution is 5.75. The van der Waals surface area contributed by atoms with Gasteiger partial charge in [-0.2, -0.15) is 5.26 Å². The van der Waals surface area contributed by atoms with Gasteiger partial charge in [0.15, 0.2) is 0 Å². The predicted octanol–water partition coefficient (Wildman–Crippen LogP) is 0.784. The van der Waals surface area contributed by atoms with Crippen molar-refractivity contribution in [1.29, 1.82) is 5.26 Å². The van der Waals surface area contributed by atoms with Gasteiger partial charge in [-0.3, -0.25) is 4.79 Å². The Morgan fingerprint density at radius 2 is 2.06 bits per heavy atom. The second kappa shape index (κ2) is 6.59. The van der Waals surface area contributed by atoms with E-state index in [1.54, 1.807) is 19.2 Å². The SMILES string of the molecule is CNC(=O)CCNCc1ccc(C#N)cc1. The number of nitrogens with one attached hydrogen (secondary N) is 2. The van der Waals surface area contributed by atoms with Gasteiger partial charge in [0.1, 0.15) is 0 Å². The lowest BCUT2D eigenvalue weighted by molar-refractivity contribution is -0.120. The fourth-order valence-corrected chi connectivity index (χ4v) is 1.26. The first-order valence-electron chi connectivity index (χ1n) is 5.16. The third kappa shape index (κ3) is 4.11. The number of nitrogens with zero attached hydrogens (tertiary/aromatic N) is 1. The van der Waals surface area contributed by atoms with Crippen molar-refractivity contribution in [3.63, 3.8) is 0 Å². The molecule has 0 radical (unpaired) electrons. The van der Waals surface area contributed by atoms with Gasteiger partial charge in [-0.1, -0.05) is 12.1 Å². The highest BCUT2D eigenvalue weighted by Gasteiger charge is 1.97. The standard InChI is InChI=1S/C12H15N3O/c1-14-12(16)6-7-15-9-11-4-2-10(8-13)3-5-11/h2-5,15H,6-7,9H2,1H3,(H,14,16). The molecule has 0 saturated heterocycles. The van der Waals surface area contributed by atoms with Gasteiger partial charge in [-0.25, -0.2) is 0 Å². The maximum atomic E-state index is 10.9. The van der Waals surface area contributed by atoms with Gasteiger partial charge in [-0.15, -0.1) is 0 Å². The number of carbonyl (C=O) groups is 1. The summed E-state index contributed by atoms with van der Waals surface area (Å²) in [6.07, 6.45) is 0.479. The molecule has 0 aliphatic carbocycles. The topological polar surface area (TPSA) is 64.9 Å². The van der Waals surface area contributed by atoms with Crippen molar-refractivity contribution in [3.8, 4) is 6.07 Å². The van der Waals surface area contributed by atoms with E-state index in [2.05, 4.69) is 16.7 Å². The van der Waals surface area contributed by atoms with Crippen LogP contribution in [0.5, 0.6) is 0 Å². The summed E-state index contributed by atoms with van der Waals surface area (Å²) >= 11 is 0. The average molecular weight is 217 g/mol. The molecule has 2 N–H and O–H groups in total. The second-order valence-corrected chi connectivity index (χ2v) is 3.41. The Morgan fingerprint density at radius 3 is 2.62 bits per heavy atom. The van der Waals surface area contributed by atoms with Gasteiger partial charge >= 0.3 is 0 Å². The van der Waals surface area contributed by atoms with Crippen LogP contribution in [0.4, 0.5) is 0 Å². The van der Waals surface area contributed by atoms with Gasteiger partial charge in [0.25, 0.3) is 0 Å². The fraction of sp³-hybridized carbons (Fsp3) is 0.333. The molecule has 0 aromatic heterocycles. The molecule has 0 atom stereocenters. The number of amides is 1. The van der Waals surface area contributed by atoms with Crippen LogP contribution in [0.1, 0.15) is 17.5 Å². The van der Waals surface area contributed by atoms with Crippen LogP contribution < -0.4 is 10.6 Å². The van der Waals surface area contributed by atoms with E-state index in [0.29, 0.717) is 25.1 Å². The summed E-state index contributed by atoms with van der Waals surface area (Å²) in [4.78, 5) is 10.9. The van der Waals surface area contributed by atoms with Crippen LogP contribution in [0, 0.1) is 11.3 Å². The summed E-state index contributed by atoms with van der Waals surface area (Å²) in [5, 5.41) is 14.3. The maximum absolute atomic E-state index is 10.9. The molecule has 16 heavy (non-hydrogen) atoms. The Balaban J connectivity index is 2.27. The highest BCUT2D eigenvalue weighted by Crippen LogP contribution is 2.02. The van der Waals surface area contributed by atoms with Crippen molar-refractivity contribution in [2.24, 2.45) is 0 Å². The van der Waals surface area contributed by atoms with E-state index in [0.717, 1.165) is 5.56 Å². The number of rotatable bonds is 5. The number of nitriles is 1. The Kier molecular flexibility index (Phi) is 5.03. The minimum absolute atomic E-state index is 0.0346. The first kappa shape index (κ1) is 12.2. The maximum Gasteiger partial charge on any atom is 0.221 e. The lowest BCUT2D eigenvalue weighted by atomic mass is 10.1. The zero-order valence-electron chi connectivity index (χ0n) is 9.29. The van der Waals surface area contributed by atoms with Gasteiger partial charge in [-0.05, 0) is 17.7 Å². The van der Waals surface area contributed by atoms with Crippen LogP contribution >= 0.6 is 0 Å². The fourth-order valence-electron chi connectivity index (χ4n) is 1.26. The molecule has 4 nitrogen and oxygen atoms in total. The molecule has 0 fully saturated rings. The van der Waals surface area contributed by atoms with Crippen LogP contribution in [-0.4, -0.2) is 19.5 Å². The molecule has 1 rings (SSSR count).